The number of nitrogens with one attached hydrogen (secondary N) is 1. The number of rotatable bonds is 2. The number of furan rings is 1. The molecule has 6 heteroatoms. The molecule has 2 aromatic rings. The van der Waals surface area contributed by atoms with E-state index in [4.69, 9.17) is 27.6 Å². The van der Waals surface area contributed by atoms with E-state index >= 15 is 0 Å². The molecule has 0 bridgehead atoms. The van der Waals surface area contributed by atoms with E-state index in [1.54, 1.807) is 36.4 Å². The van der Waals surface area contributed by atoms with Crippen molar-refractivity contribution in [2.45, 2.75) is 0 Å². The maximum Gasteiger partial charge on any atom is 0.275 e. The summed E-state index contributed by atoms with van der Waals surface area (Å²) < 4.78 is 5.16. The van der Waals surface area contributed by atoms with Crippen molar-refractivity contribution in [3.8, 4) is 0 Å². The fraction of sp³-hybridized carbons (Fsp3) is 0. The van der Waals surface area contributed by atoms with E-state index in [1.165, 1.54) is 6.26 Å². The number of amidine groups is 1. The Kier molecular flexibility index (Phi) is 3.34. The number of carbonyl (C=O) groups is 1. The molecule has 1 amide bonds. The van der Waals surface area contributed by atoms with Crippen LogP contribution in [0.25, 0.3) is 6.08 Å². The van der Waals surface area contributed by atoms with Crippen LogP contribution in [-0.2, 0) is 4.79 Å². The maximum absolute atomic E-state index is 11.9. The van der Waals surface area contributed by atoms with Gasteiger partial charge in [0.25, 0.3) is 5.91 Å². The zero-order valence-corrected chi connectivity index (χ0v) is 11.6. The molecule has 0 unspecified atom stereocenters. The molecular formula is C14H8Cl2N2O2. The van der Waals surface area contributed by atoms with E-state index < -0.39 is 0 Å². The molecule has 1 aliphatic rings. The van der Waals surface area contributed by atoms with Gasteiger partial charge in [-0.1, -0.05) is 23.2 Å². The van der Waals surface area contributed by atoms with Crippen LogP contribution in [0.1, 0.15) is 11.3 Å². The Bertz CT molecular complexity index is 734. The quantitative estimate of drug-likeness (QED) is 0.863. The van der Waals surface area contributed by atoms with Crippen molar-refractivity contribution in [1.82, 2.24) is 5.32 Å². The SMILES string of the molecule is O=C1NC(c2ccc(Cl)cc2Cl)=NC1=Cc1ccco1. The van der Waals surface area contributed by atoms with Crippen molar-refractivity contribution < 1.29 is 9.21 Å². The molecule has 1 aromatic carbocycles. The molecule has 0 atom stereocenters. The number of hydrogen-bond acceptors (Lipinski definition) is 3. The third kappa shape index (κ3) is 2.48. The van der Waals surface area contributed by atoms with Crippen molar-refractivity contribution in [1.29, 1.82) is 0 Å². The second kappa shape index (κ2) is 5.15. The van der Waals surface area contributed by atoms with Gasteiger partial charge in [0.2, 0.25) is 0 Å². The van der Waals surface area contributed by atoms with Crippen molar-refractivity contribution in [2.24, 2.45) is 4.99 Å². The Morgan fingerprint density at radius 3 is 2.80 bits per heavy atom. The molecule has 0 aliphatic carbocycles. The molecular weight excluding hydrogens is 299 g/mol. The summed E-state index contributed by atoms with van der Waals surface area (Å²) in [7, 11) is 0. The van der Waals surface area contributed by atoms with Crippen molar-refractivity contribution >= 4 is 41.0 Å². The number of amides is 1. The predicted molar refractivity (Wildman–Crippen MR) is 77.8 cm³/mol. The van der Waals surface area contributed by atoms with Gasteiger partial charge in [0.1, 0.15) is 17.3 Å². The summed E-state index contributed by atoms with van der Waals surface area (Å²) in [5.41, 5.74) is 0.883. The summed E-state index contributed by atoms with van der Waals surface area (Å²) >= 11 is 11.9. The molecule has 0 saturated carbocycles. The van der Waals surface area contributed by atoms with Crippen LogP contribution in [0.15, 0.2) is 51.7 Å². The summed E-state index contributed by atoms with van der Waals surface area (Å²) in [6, 6.07) is 8.47. The number of hydrogen-bond donors (Lipinski definition) is 1. The second-order valence-electron chi connectivity index (χ2n) is 4.08. The van der Waals surface area contributed by atoms with Crippen LogP contribution in [0.4, 0.5) is 0 Å². The molecule has 1 aliphatic heterocycles. The second-order valence-corrected chi connectivity index (χ2v) is 4.93. The van der Waals surface area contributed by atoms with Gasteiger partial charge in [-0.2, -0.15) is 0 Å². The average molecular weight is 307 g/mol. The number of aliphatic imine (C=N–C) groups is 1. The molecule has 3 rings (SSSR count). The largest absolute Gasteiger partial charge is 0.465 e. The fourth-order valence-electron chi connectivity index (χ4n) is 1.79. The first-order chi connectivity index (χ1) is 9.63. The van der Waals surface area contributed by atoms with Crippen LogP contribution in [0.3, 0.4) is 0 Å². The van der Waals surface area contributed by atoms with Crippen LogP contribution in [-0.4, -0.2) is 11.7 Å². The minimum atomic E-state index is -0.303. The van der Waals surface area contributed by atoms with Crippen LogP contribution in [0.2, 0.25) is 10.0 Å². The van der Waals surface area contributed by atoms with Gasteiger partial charge in [0.15, 0.2) is 0 Å². The van der Waals surface area contributed by atoms with Gasteiger partial charge in [-0.15, -0.1) is 0 Å². The standard InChI is InChI=1S/C14H8Cl2N2O2/c15-8-3-4-10(11(16)6-8)13-17-12(14(19)18-13)7-9-2-1-5-20-9/h1-7H,(H,17,18,19). The van der Waals surface area contributed by atoms with Gasteiger partial charge in [0.05, 0.1) is 11.3 Å². The Hall–Kier alpha value is -2.04. The fourth-order valence-corrected chi connectivity index (χ4v) is 2.28. The summed E-state index contributed by atoms with van der Waals surface area (Å²) in [6.45, 7) is 0. The lowest BCUT2D eigenvalue weighted by molar-refractivity contribution is -0.115. The van der Waals surface area contributed by atoms with Gasteiger partial charge < -0.3 is 9.73 Å². The highest BCUT2D eigenvalue weighted by Gasteiger charge is 2.23. The van der Waals surface area contributed by atoms with Crippen molar-refractivity contribution in [2.75, 3.05) is 0 Å². The molecule has 1 aromatic heterocycles. The summed E-state index contributed by atoms with van der Waals surface area (Å²) in [5, 5.41) is 3.62. The van der Waals surface area contributed by atoms with Crippen molar-refractivity contribution in [3.05, 3.63) is 63.7 Å². The number of carbonyl (C=O) groups excluding carboxylic acids is 1. The molecule has 0 spiro atoms. The van der Waals surface area contributed by atoms with E-state index in [0.29, 0.717) is 27.2 Å². The first-order valence-corrected chi connectivity index (χ1v) is 6.50. The van der Waals surface area contributed by atoms with E-state index in [-0.39, 0.29) is 11.6 Å². The van der Waals surface area contributed by atoms with Gasteiger partial charge in [0, 0.05) is 16.7 Å². The monoisotopic (exact) mass is 306 g/mol. The Labute approximate surface area is 124 Å². The van der Waals surface area contributed by atoms with Gasteiger partial charge in [-0.3, -0.25) is 4.79 Å². The van der Waals surface area contributed by atoms with E-state index in [2.05, 4.69) is 10.3 Å². The van der Waals surface area contributed by atoms with Crippen LogP contribution < -0.4 is 5.32 Å². The van der Waals surface area contributed by atoms with Crippen LogP contribution >= 0.6 is 23.2 Å². The minimum Gasteiger partial charge on any atom is -0.465 e. The maximum atomic E-state index is 11.9. The molecule has 0 radical (unpaired) electrons. The summed E-state index contributed by atoms with van der Waals surface area (Å²) in [5.74, 6) is 0.652. The molecule has 100 valence electrons. The van der Waals surface area contributed by atoms with Gasteiger partial charge in [-0.25, -0.2) is 4.99 Å². The third-order valence-corrected chi connectivity index (χ3v) is 3.25. The predicted octanol–water partition coefficient (Wildman–Crippen LogP) is 3.50. The van der Waals surface area contributed by atoms with Gasteiger partial charge in [-0.05, 0) is 30.3 Å². The van der Waals surface area contributed by atoms with E-state index in [9.17, 15) is 4.79 Å². The Morgan fingerprint density at radius 2 is 2.10 bits per heavy atom. The van der Waals surface area contributed by atoms with Gasteiger partial charge >= 0.3 is 0 Å². The minimum absolute atomic E-state index is 0.265. The lowest BCUT2D eigenvalue weighted by Gasteiger charge is -2.03. The topological polar surface area (TPSA) is 54.6 Å². The Morgan fingerprint density at radius 1 is 1.25 bits per heavy atom. The molecule has 0 saturated heterocycles. The molecule has 0 fully saturated rings. The number of halogens is 2. The lowest BCUT2D eigenvalue weighted by Crippen LogP contribution is -2.24. The summed E-state index contributed by atoms with van der Waals surface area (Å²) in [6.07, 6.45) is 3.09. The average Bonchev–Trinajstić information content (AvgIpc) is 3.01. The molecule has 1 N–H and O–H groups in total. The zero-order chi connectivity index (χ0) is 14.1. The molecule has 20 heavy (non-hydrogen) atoms. The highest BCUT2D eigenvalue weighted by atomic mass is 35.5. The molecule has 4 nitrogen and oxygen atoms in total. The van der Waals surface area contributed by atoms with Crippen LogP contribution in [0, 0.1) is 0 Å². The smallest absolute Gasteiger partial charge is 0.275 e. The third-order valence-electron chi connectivity index (χ3n) is 2.71. The lowest BCUT2D eigenvalue weighted by atomic mass is 10.2. The first kappa shape index (κ1) is 13.0. The first-order valence-electron chi connectivity index (χ1n) is 5.74. The zero-order valence-electron chi connectivity index (χ0n) is 10.1. The molecule has 2 heterocycles. The summed E-state index contributed by atoms with van der Waals surface area (Å²) in [4.78, 5) is 16.1. The normalized spacial score (nSPS) is 16.4. The highest BCUT2D eigenvalue weighted by molar-refractivity contribution is 6.37. The number of nitrogens with zero attached hydrogens (tertiary/aromatic N) is 1. The van der Waals surface area contributed by atoms with E-state index in [1.807, 2.05) is 0 Å². The number of benzene rings is 1. The van der Waals surface area contributed by atoms with Crippen molar-refractivity contribution in [3.63, 3.8) is 0 Å². The van der Waals surface area contributed by atoms with E-state index in [0.717, 1.165) is 0 Å². The highest BCUT2D eigenvalue weighted by Crippen LogP contribution is 2.23. The van der Waals surface area contributed by atoms with Crippen LogP contribution in [0.5, 0.6) is 0 Å². The Balaban J connectivity index is 1.98.